The minimum Gasteiger partial charge on any atom is -0.373 e. The number of aromatic nitrogens is 5. The van der Waals surface area contributed by atoms with Gasteiger partial charge in [0.25, 0.3) is 0 Å². The average Bonchev–Trinajstić information content (AvgIpc) is 3.56. The van der Waals surface area contributed by atoms with E-state index in [1.807, 2.05) is 29.1 Å². The molecule has 4 heterocycles. The van der Waals surface area contributed by atoms with E-state index in [0.717, 1.165) is 59.0 Å². The molecule has 3 aromatic heterocycles. The summed E-state index contributed by atoms with van der Waals surface area (Å²) in [4.78, 5) is 17.1. The first-order chi connectivity index (χ1) is 15.7. The van der Waals surface area contributed by atoms with Crippen molar-refractivity contribution in [2.45, 2.75) is 37.4 Å². The van der Waals surface area contributed by atoms with Crippen LogP contribution >= 0.6 is 11.9 Å². The summed E-state index contributed by atoms with van der Waals surface area (Å²) in [7, 11) is 0. The van der Waals surface area contributed by atoms with Gasteiger partial charge < -0.3 is 10.1 Å². The standard InChI is InChI=1S/C22H21N7O2S/c30-22(27-32-20-10-16-12-31-9-8-28(16)26-20)25-21-17-3-1-2-14(17)4-6-18(21)15-5-7-19-23-13-24-29(19)11-15/h4-7,10-11,13H,1-3,8-9,12H2,(H2,25,27,30). The number of benzene rings is 1. The normalized spacial score (nSPS) is 14.9. The van der Waals surface area contributed by atoms with Crippen molar-refractivity contribution in [3.63, 3.8) is 0 Å². The van der Waals surface area contributed by atoms with E-state index in [4.69, 9.17) is 4.74 Å². The van der Waals surface area contributed by atoms with Crippen LogP contribution in [0.5, 0.6) is 0 Å². The summed E-state index contributed by atoms with van der Waals surface area (Å²) < 4.78 is 12.0. The zero-order valence-corrected chi connectivity index (χ0v) is 18.1. The Morgan fingerprint density at radius 2 is 2.16 bits per heavy atom. The Morgan fingerprint density at radius 3 is 3.09 bits per heavy atom. The van der Waals surface area contributed by atoms with Crippen LogP contribution in [0.15, 0.2) is 47.9 Å². The third-order valence-corrected chi connectivity index (χ3v) is 6.59. The van der Waals surface area contributed by atoms with E-state index in [1.54, 1.807) is 4.52 Å². The molecular weight excluding hydrogens is 426 g/mol. The van der Waals surface area contributed by atoms with Crippen LogP contribution in [0.2, 0.25) is 0 Å². The predicted octanol–water partition coefficient (Wildman–Crippen LogP) is 3.44. The van der Waals surface area contributed by atoms with Crippen LogP contribution in [-0.2, 0) is 30.7 Å². The summed E-state index contributed by atoms with van der Waals surface area (Å²) in [5.74, 6) is 0. The maximum atomic E-state index is 12.9. The molecule has 0 atom stereocenters. The number of nitrogens with one attached hydrogen (secondary N) is 2. The molecule has 2 N–H and O–H groups in total. The van der Waals surface area contributed by atoms with Crippen LogP contribution in [0.25, 0.3) is 16.8 Å². The Hall–Kier alpha value is -3.37. The number of hydrogen-bond donors (Lipinski definition) is 2. The lowest BCUT2D eigenvalue weighted by molar-refractivity contribution is 0.0799. The third kappa shape index (κ3) is 3.51. The van der Waals surface area contributed by atoms with E-state index in [9.17, 15) is 4.79 Å². The van der Waals surface area contributed by atoms with Gasteiger partial charge in [-0.05, 0) is 48.6 Å². The molecule has 4 aromatic rings. The number of anilines is 1. The summed E-state index contributed by atoms with van der Waals surface area (Å²) in [5, 5.41) is 12.6. The number of pyridine rings is 1. The van der Waals surface area contributed by atoms with E-state index in [1.165, 1.54) is 29.4 Å². The first-order valence-corrected chi connectivity index (χ1v) is 11.4. The molecule has 10 heteroatoms. The van der Waals surface area contributed by atoms with Crippen molar-refractivity contribution in [3.05, 3.63) is 59.7 Å². The molecule has 2 amide bonds. The fourth-order valence-corrected chi connectivity index (χ4v) is 4.96. The number of ether oxygens (including phenoxy) is 1. The van der Waals surface area contributed by atoms with Gasteiger partial charge in [-0.2, -0.15) is 10.2 Å². The van der Waals surface area contributed by atoms with Gasteiger partial charge in [0.1, 0.15) is 11.4 Å². The Kier molecular flexibility index (Phi) is 4.80. The van der Waals surface area contributed by atoms with E-state index in [0.29, 0.717) is 13.2 Å². The molecule has 32 heavy (non-hydrogen) atoms. The average molecular weight is 448 g/mol. The molecule has 1 aromatic carbocycles. The second-order valence-corrected chi connectivity index (χ2v) is 8.69. The van der Waals surface area contributed by atoms with Gasteiger partial charge in [0.15, 0.2) is 5.65 Å². The summed E-state index contributed by atoms with van der Waals surface area (Å²) in [5.41, 5.74) is 7.10. The third-order valence-electron chi connectivity index (χ3n) is 5.89. The molecule has 0 spiro atoms. The van der Waals surface area contributed by atoms with Crippen molar-refractivity contribution in [1.82, 2.24) is 29.1 Å². The van der Waals surface area contributed by atoms with Crippen LogP contribution in [0.4, 0.5) is 10.5 Å². The SMILES string of the molecule is O=C(NSc1cc2n(n1)CCOC2)Nc1c(-c2ccc3ncnn3c2)ccc2c1CCC2. The fraction of sp³-hybridized carbons (Fsp3) is 0.273. The molecule has 0 fully saturated rings. The van der Waals surface area contributed by atoms with Crippen molar-refractivity contribution >= 4 is 29.3 Å². The number of amides is 2. The zero-order valence-electron chi connectivity index (χ0n) is 17.2. The van der Waals surface area contributed by atoms with Crippen molar-refractivity contribution in [1.29, 1.82) is 0 Å². The number of fused-ring (bicyclic) bond motifs is 3. The second-order valence-electron chi connectivity index (χ2n) is 7.87. The lowest BCUT2D eigenvalue weighted by atomic mass is 9.98. The molecule has 0 bridgehead atoms. The van der Waals surface area contributed by atoms with Gasteiger partial charge in [0, 0.05) is 29.3 Å². The van der Waals surface area contributed by atoms with Crippen molar-refractivity contribution in [3.8, 4) is 11.1 Å². The minimum atomic E-state index is -0.277. The Morgan fingerprint density at radius 1 is 1.19 bits per heavy atom. The molecular formula is C22H21N7O2S. The van der Waals surface area contributed by atoms with Gasteiger partial charge in [0.05, 0.1) is 31.1 Å². The summed E-state index contributed by atoms with van der Waals surface area (Å²) in [6.07, 6.45) is 6.55. The maximum Gasteiger partial charge on any atom is 0.329 e. The quantitative estimate of drug-likeness (QED) is 0.465. The van der Waals surface area contributed by atoms with Gasteiger partial charge in [0.2, 0.25) is 0 Å². The molecule has 0 saturated heterocycles. The summed E-state index contributed by atoms with van der Waals surface area (Å²) in [6.45, 7) is 1.95. The van der Waals surface area contributed by atoms with Gasteiger partial charge in [-0.3, -0.25) is 9.40 Å². The first-order valence-electron chi connectivity index (χ1n) is 10.6. The minimum absolute atomic E-state index is 0.277. The number of nitrogens with zero attached hydrogens (tertiary/aromatic N) is 5. The maximum absolute atomic E-state index is 12.9. The number of rotatable bonds is 4. The van der Waals surface area contributed by atoms with Crippen LogP contribution < -0.4 is 10.0 Å². The highest BCUT2D eigenvalue weighted by molar-refractivity contribution is 7.97. The van der Waals surface area contributed by atoms with Crippen molar-refractivity contribution in [2.75, 3.05) is 11.9 Å². The summed E-state index contributed by atoms with van der Waals surface area (Å²) >= 11 is 1.21. The van der Waals surface area contributed by atoms with Crippen molar-refractivity contribution < 1.29 is 9.53 Å². The summed E-state index contributed by atoms with van der Waals surface area (Å²) in [6, 6.07) is 9.85. The lowest BCUT2D eigenvalue weighted by Gasteiger charge is -2.16. The second kappa shape index (κ2) is 7.95. The number of urea groups is 1. The number of aryl methyl sites for hydroxylation is 1. The number of carbonyl (C=O) groups is 1. The van der Waals surface area contributed by atoms with Gasteiger partial charge in [-0.25, -0.2) is 14.3 Å². The van der Waals surface area contributed by atoms with E-state index in [2.05, 4.69) is 37.4 Å². The molecule has 0 radical (unpaired) electrons. The number of hydrogen-bond acceptors (Lipinski definition) is 6. The molecule has 0 saturated carbocycles. The Balaban J connectivity index is 1.26. The van der Waals surface area contributed by atoms with Crippen LogP contribution in [-0.4, -0.2) is 37.0 Å². The van der Waals surface area contributed by atoms with Gasteiger partial charge in [-0.15, -0.1) is 0 Å². The predicted molar refractivity (Wildman–Crippen MR) is 120 cm³/mol. The van der Waals surface area contributed by atoms with E-state index in [-0.39, 0.29) is 6.03 Å². The monoisotopic (exact) mass is 447 g/mol. The first kappa shape index (κ1) is 19.3. The molecule has 2 aliphatic rings. The van der Waals surface area contributed by atoms with E-state index < -0.39 is 0 Å². The van der Waals surface area contributed by atoms with Gasteiger partial charge in [-0.1, -0.05) is 12.1 Å². The molecule has 0 unspecified atom stereocenters. The Bertz CT molecular complexity index is 1310. The molecule has 1 aliphatic carbocycles. The Labute approximate surface area is 188 Å². The largest absolute Gasteiger partial charge is 0.373 e. The van der Waals surface area contributed by atoms with Gasteiger partial charge >= 0.3 is 6.03 Å². The molecule has 9 nitrogen and oxygen atoms in total. The smallest absolute Gasteiger partial charge is 0.329 e. The molecule has 1 aliphatic heterocycles. The van der Waals surface area contributed by atoms with Crippen LogP contribution in [0.1, 0.15) is 23.2 Å². The molecule has 6 rings (SSSR count). The number of carbonyl (C=O) groups excluding carboxylic acids is 1. The van der Waals surface area contributed by atoms with E-state index >= 15 is 0 Å². The van der Waals surface area contributed by atoms with Crippen molar-refractivity contribution in [2.24, 2.45) is 0 Å². The highest BCUT2D eigenvalue weighted by Crippen LogP contribution is 2.37. The highest BCUT2D eigenvalue weighted by Gasteiger charge is 2.21. The van der Waals surface area contributed by atoms with Crippen LogP contribution in [0, 0.1) is 0 Å². The lowest BCUT2D eigenvalue weighted by Crippen LogP contribution is -2.24. The highest BCUT2D eigenvalue weighted by atomic mass is 32.2. The molecule has 162 valence electrons. The van der Waals surface area contributed by atoms with Crippen LogP contribution in [0.3, 0.4) is 0 Å². The topological polar surface area (TPSA) is 98.4 Å². The fourth-order valence-electron chi connectivity index (χ4n) is 4.38. The zero-order chi connectivity index (χ0) is 21.5.